The molecular weight excluding hydrogens is 564 g/mol. The summed E-state index contributed by atoms with van der Waals surface area (Å²) in [6.45, 7) is 5.80. The average Bonchev–Trinajstić information content (AvgIpc) is 3.88. The number of likely N-dealkylation sites (tertiary alicyclic amines) is 1. The van der Waals surface area contributed by atoms with Crippen LogP contribution in [-0.4, -0.2) is 97.4 Å². The van der Waals surface area contributed by atoms with Gasteiger partial charge in [0.2, 0.25) is 11.7 Å². The Morgan fingerprint density at radius 1 is 1.11 bits per heavy atom. The molecule has 1 aromatic carbocycles. The van der Waals surface area contributed by atoms with Crippen LogP contribution < -0.4 is 14.8 Å². The minimum Gasteiger partial charge on any atom is -0.394 e. The van der Waals surface area contributed by atoms with Crippen molar-refractivity contribution in [2.75, 3.05) is 43.0 Å². The third-order valence-corrected chi connectivity index (χ3v) is 9.19. The third-order valence-electron chi connectivity index (χ3n) is 9.19. The van der Waals surface area contributed by atoms with E-state index in [0.29, 0.717) is 47.6 Å². The fraction of sp³-hybridized carbons (Fsp3) is 0.548. The zero-order chi connectivity index (χ0) is 30.2. The second kappa shape index (κ2) is 12.4. The SMILES string of the molecule is CCc1cc([C@H]2O[C@@H]([n+]3c[nH]c4c(N[C@H](CO)Cc5ccccc5)nc(N5CC[C@@H](N6CCCC6)C5)nc43)[C@H](O)[C@@H]2O)on1. The first-order valence-electron chi connectivity index (χ1n) is 15.7. The number of benzene rings is 1. The summed E-state index contributed by atoms with van der Waals surface area (Å²) in [6, 6.07) is 11.9. The number of aromatic amines is 1. The molecule has 6 heterocycles. The number of hydrogen-bond donors (Lipinski definition) is 5. The number of imidazole rings is 1. The number of anilines is 2. The highest BCUT2D eigenvalue weighted by Crippen LogP contribution is 2.38. The Morgan fingerprint density at radius 3 is 2.68 bits per heavy atom. The van der Waals surface area contributed by atoms with E-state index in [-0.39, 0.29) is 12.6 Å². The van der Waals surface area contributed by atoms with Gasteiger partial charge in [-0.2, -0.15) is 4.98 Å². The van der Waals surface area contributed by atoms with Gasteiger partial charge in [0.1, 0.15) is 12.2 Å². The van der Waals surface area contributed by atoms with Crippen LogP contribution in [0.3, 0.4) is 0 Å². The third kappa shape index (κ3) is 5.54. The summed E-state index contributed by atoms with van der Waals surface area (Å²) in [5.41, 5.74) is 2.97. The van der Waals surface area contributed by atoms with E-state index in [4.69, 9.17) is 19.2 Å². The lowest BCUT2D eigenvalue weighted by Crippen LogP contribution is -2.46. The summed E-state index contributed by atoms with van der Waals surface area (Å²) in [6.07, 6.45) is 2.19. The molecule has 0 spiro atoms. The van der Waals surface area contributed by atoms with Gasteiger partial charge in [-0.1, -0.05) is 47.4 Å². The average molecular weight is 606 g/mol. The number of hydrogen-bond acceptors (Lipinski definition) is 11. The lowest BCUT2D eigenvalue weighted by atomic mass is 10.1. The molecule has 0 aliphatic carbocycles. The molecule has 6 atom stereocenters. The Balaban J connectivity index is 1.22. The molecule has 234 valence electrons. The molecule has 3 aliphatic rings. The van der Waals surface area contributed by atoms with Crippen LogP contribution in [0, 0.1) is 0 Å². The van der Waals surface area contributed by atoms with E-state index in [9.17, 15) is 15.3 Å². The summed E-state index contributed by atoms with van der Waals surface area (Å²) >= 11 is 0. The molecule has 13 nitrogen and oxygen atoms in total. The summed E-state index contributed by atoms with van der Waals surface area (Å²) in [5, 5.41) is 39.9. The summed E-state index contributed by atoms with van der Waals surface area (Å²) in [5.74, 6) is 1.49. The molecule has 3 fully saturated rings. The minimum atomic E-state index is -1.25. The normalized spacial score (nSPS) is 26.6. The molecule has 3 aliphatic heterocycles. The van der Waals surface area contributed by atoms with Crippen LogP contribution >= 0.6 is 0 Å². The zero-order valence-corrected chi connectivity index (χ0v) is 24.9. The van der Waals surface area contributed by atoms with E-state index < -0.39 is 24.5 Å². The first kappa shape index (κ1) is 29.1. The van der Waals surface area contributed by atoms with Gasteiger partial charge >= 0.3 is 11.6 Å². The standard InChI is InChI=1S/C31H40N8O5/c1-2-20-15-23(44-36-20)27-25(41)26(42)30(43-27)39-18-32-24-28(33-21(17-40)14-19-8-4-3-5-9-19)34-31(35-29(24)39)38-13-10-22(16-38)37-11-6-7-12-37/h3-5,8-9,15,18,21-22,25-27,30,40-42H,2,6-7,10-14,16-17H2,1H3,(H,33,34,35)/p+1/t21-,22+,25-,26+,27+,30+/m0/s1. The number of ether oxygens (including phenoxy) is 1. The van der Waals surface area contributed by atoms with Gasteiger partial charge in [0, 0.05) is 25.2 Å². The number of nitrogens with zero attached hydrogens (tertiary/aromatic N) is 6. The number of nitrogens with one attached hydrogen (secondary N) is 2. The summed E-state index contributed by atoms with van der Waals surface area (Å²) in [4.78, 5) is 18.0. The molecule has 4 aromatic rings. The topological polar surface area (TPSA) is 160 Å². The Hall–Kier alpha value is -3.62. The summed E-state index contributed by atoms with van der Waals surface area (Å²) < 4.78 is 13.4. The van der Waals surface area contributed by atoms with Crippen molar-refractivity contribution in [1.82, 2.24) is 25.0 Å². The highest BCUT2D eigenvalue weighted by molar-refractivity contribution is 5.82. The predicted molar refractivity (Wildman–Crippen MR) is 161 cm³/mol. The van der Waals surface area contributed by atoms with E-state index >= 15 is 0 Å². The maximum Gasteiger partial charge on any atom is 0.311 e. The van der Waals surface area contributed by atoms with Crippen molar-refractivity contribution in [3.63, 3.8) is 0 Å². The van der Waals surface area contributed by atoms with Crippen LogP contribution in [0.5, 0.6) is 0 Å². The van der Waals surface area contributed by atoms with Crippen molar-refractivity contribution in [2.24, 2.45) is 0 Å². The van der Waals surface area contributed by atoms with Crippen molar-refractivity contribution in [3.05, 3.63) is 59.7 Å². The zero-order valence-electron chi connectivity index (χ0n) is 24.9. The quantitative estimate of drug-likeness (QED) is 0.167. The molecular formula is C31H41N8O5+. The number of H-pyrrole nitrogens is 1. The lowest BCUT2D eigenvalue weighted by molar-refractivity contribution is -0.745. The smallest absolute Gasteiger partial charge is 0.311 e. The van der Waals surface area contributed by atoms with Crippen molar-refractivity contribution in [1.29, 1.82) is 0 Å². The van der Waals surface area contributed by atoms with Gasteiger partial charge in [-0.05, 0) is 50.8 Å². The Bertz CT molecular complexity index is 1560. The van der Waals surface area contributed by atoms with Crippen LogP contribution in [0.2, 0.25) is 0 Å². The van der Waals surface area contributed by atoms with Crippen LogP contribution in [0.25, 0.3) is 11.2 Å². The Labute approximate surface area is 255 Å². The van der Waals surface area contributed by atoms with Crippen LogP contribution in [0.4, 0.5) is 11.8 Å². The van der Waals surface area contributed by atoms with Crippen molar-refractivity contribution >= 4 is 22.9 Å². The number of aryl methyl sites for hydroxylation is 1. The van der Waals surface area contributed by atoms with E-state index in [1.165, 1.54) is 12.8 Å². The molecule has 0 bridgehead atoms. The molecule has 3 saturated heterocycles. The maximum absolute atomic E-state index is 11.2. The highest BCUT2D eigenvalue weighted by Gasteiger charge is 2.49. The fourth-order valence-electron chi connectivity index (χ4n) is 6.73. The van der Waals surface area contributed by atoms with Gasteiger partial charge in [0.05, 0.1) is 18.3 Å². The van der Waals surface area contributed by atoms with E-state index in [1.807, 2.05) is 37.3 Å². The van der Waals surface area contributed by atoms with Gasteiger partial charge in [-0.3, -0.25) is 9.88 Å². The number of aliphatic hydroxyl groups is 3. The number of aromatic nitrogens is 5. The second-order valence-corrected chi connectivity index (χ2v) is 12.1. The second-order valence-electron chi connectivity index (χ2n) is 12.1. The molecule has 0 saturated carbocycles. The number of aliphatic hydroxyl groups excluding tert-OH is 3. The maximum atomic E-state index is 11.2. The van der Waals surface area contributed by atoms with Crippen molar-refractivity contribution in [3.8, 4) is 0 Å². The Morgan fingerprint density at radius 2 is 1.93 bits per heavy atom. The van der Waals surface area contributed by atoms with Gasteiger partial charge < -0.3 is 34.8 Å². The van der Waals surface area contributed by atoms with E-state index in [0.717, 1.165) is 43.9 Å². The van der Waals surface area contributed by atoms with Crippen molar-refractivity contribution in [2.45, 2.75) is 75.7 Å². The van der Waals surface area contributed by atoms with Gasteiger partial charge in [-0.15, -0.1) is 0 Å². The molecule has 3 aromatic heterocycles. The molecule has 44 heavy (non-hydrogen) atoms. The fourth-order valence-corrected chi connectivity index (χ4v) is 6.73. The molecule has 0 radical (unpaired) electrons. The monoisotopic (exact) mass is 605 g/mol. The molecule has 0 unspecified atom stereocenters. The molecule has 5 N–H and O–H groups in total. The molecule has 7 rings (SSSR count). The first-order valence-corrected chi connectivity index (χ1v) is 15.7. The van der Waals surface area contributed by atoms with Crippen LogP contribution in [0.1, 0.15) is 55.5 Å². The van der Waals surface area contributed by atoms with E-state index in [1.54, 1.807) is 17.0 Å². The van der Waals surface area contributed by atoms with Gasteiger partial charge in [-0.25, -0.2) is 4.57 Å². The van der Waals surface area contributed by atoms with Crippen molar-refractivity contribution < 1.29 is 29.1 Å². The van der Waals surface area contributed by atoms with Crippen LogP contribution in [-0.2, 0) is 17.6 Å². The van der Waals surface area contributed by atoms with Gasteiger partial charge in [0.25, 0.3) is 0 Å². The Kier molecular flexibility index (Phi) is 8.21. The lowest BCUT2D eigenvalue weighted by Gasteiger charge is -2.23. The van der Waals surface area contributed by atoms with Gasteiger partial charge in [0.15, 0.2) is 24.0 Å². The highest BCUT2D eigenvalue weighted by atomic mass is 16.6. The molecule has 13 heteroatoms. The molecule has 0 amide bonds. The minimum absolute atomic E-state index is 0.0908. The number of fused-ring (bicyclic) bond motifs is 1. The predicted octanol–water partition coefficient (Wildman–Crippen LogP) is 1.48. The largest absolute Gasteiger partial charge is 0.394 e. The first-order chi connectivity index (χ1) is 21.5. The van der Waals surface area contributed by atoms with E-state index in [2.05, 4.69) is 25.3 Å². The summed E-state index contributed by atoms with van der Waals surface area (Å²) in [7, 11) is 0. The van der Waals surface area contributed by atoms with Crippen LogP contribution in [0.15, 0.2) is 47.2 Å². The number of rotatable bonds is 10.